The van der Waals surface area contributed by atoms with Gasteiger partial charge in [0, 0.05) is 15.1 Å². The maximum atomic E-state index is 14.1. The quantitative estimate of drug-likeness (QED) is 0.621. The molecule has 1 heterocycles. The summed E-state index contributed by atoms with van der Waals surface area (Å²) in [6.07, 6.45) is 0. The van der Waals surface area contributed by atoms with Gasteiger partial charge in [0.05, 0.1) is 10.5 Å². The molecule has 0 amide bonds. The van der Waals surface area contributed by atoms with E-state index in [1.165, 1.54) is 29.5 Å². The Morgan fingerprint density at radius 1 is 1.05 bits per heavy atom. The van der Waals surface area contributed by atoms with Crippen molar-refractivity contribution in [2.24, 2.45) is 5.73 Å². The highest BCUT2D eigenvalue weighted by Crippen LogP contribution is 2.35. The predicted molar refractivity (Wildman–Crippen MR) is 81.9 cm³/mol. The second-order valence-electron chi connectivity index (χ2n) is 4.57. The molecule has 0 spiro atoms. The van der Waals surface area contributed by atoms with E-state index in [-0.39, 0.29) is 15.9 Å². The predicted octanol–water partition coefficient (Wildman–Crippen LogP) is 5.13. The third kappa shape index (κ3) is 2.59. The number of benzene rings is 2. The molecule has 0 bridgehead atoms. The number of thiophene rings is 1. The number of nitrogens with two attached hydrogens (primary N) is 1. The molecular weight excluding hydrogens is 363 g/mol. The SMILES string of the molecule is NC(c1cc2cc(F)ccc2s1)c1c(F)ccc(Br)c1F. The van der Waals surface area contributed by atoms with Crippen LogP contribution in [0.4, 0.5) is 13.2 Å². The van der Waals surface area contributed by atoms with Crippen molar-refractivity contribution in [3.05, 3.63) is 68.8 Å². The van der Waals surface area contributed by atoms with Gasteiger partial charge in [0.15, 0.2) is 0 Å². The van der Waals surface area contributed by atoms with Crippen LogP contribution >= 0.6 is 27.3 Å². The van der Waals surface area contributed by atoms with Crippen LogP contribution in [0.5, 0.6) is 0 Å². The van der Waals surface area contributed by atoms with E-state index in [1.54, 1.807) is 12.1 Å². The van der Waals surface area contributed by atoms with Gasteiger partial charge in [0.2, 0.25) is 0 Å². The summed E-state index contributed by atoms with van der Waals surface area (Å²) < 4.78 is 42.2. The fourth-order valence-corrected chi connectivity index (χ4v) is 3.56. The lowest BCUT2D eigenvalue weighted by atomic mass is 10.0. The molecule has 0 fully saturated rings. The van der Waals surface area contributed by atoms with Crippen LogP contribution in [-0.2, 0) is 0 Å². The maximum absolute atomic E-state index is 14.1. The van der Waals surface area contributed by atoms with Gasteiger partial charge in [0.1, 0.15) is 17.5 Å². The molecule has 1 atom stereocenters. The first kappa shape index (κ1) is 14.6. The standard InChI is InChI=1S/C15H9BrF3NS/c16-9-2-3-10(18)13(14(9)19)15(20)12-6-7-5-8(17)1-4-11(7)21-12/h1-6,15H,20H2. The van der Waals surface area contributed by atoms with E-state index in [1.807, 2.05) is 0 Å². The van der Waals surface area contributed by atoms with E-state index in [9.17, 15) is 13.2 Å². The van der Waals surface area contributed by atoms with Crippen molar-refractivity contribution in [3.8, 4) is 0 Å². The van der Waals surface area contributed by atoms with Gasteiger partial charge in [-0.1, -0.05) is 0 Å². The Labute approximate surface area is 131 Å². The van der Waals surface area contributed by atoms with Crippen LogP contribution in [-0.4, -0.2) is 0 Å². The summed E-state index contributed by atoms with van der Waals surface area (Å²) in [5, 5.41) is 0.668. The van der Waals surface area contributed by atoms with Gasteiger partial charge in [-0.15, -0.1) is 11.3 Å². The Morgan fingerprint density at radius 3 is 2.57 bits per heavy atom. The van der Waals surface area contributed by atoms with Crippen molar-refractivity contribution in [1.29, 1.82) is 0 Å². The molecule has 0 radical (unpaired) electrons. The zero-order valence-electron chi connectivity index (χ0n) is 10.5. The summed E-state index contributed by atoms with van der Waals surface area (Å²) in [5.74, 6) is -1.78. The van der Waals surface area contributed by atoms with Crippen molar-refractivity contribution in [2.45, 2.75) is 6.04 Å². The molecule has 21 heavy (non-hydrogen) atoms. The van der Waals surface area contributed by atoms with Crippen LogP contribution in [0.1, 0.15) is 16.5 Å². The number of halogens is 4. The minimum Gasteiger partial charge on any atom is -0.319 e. The summed E-state index contributed by atoms with van der Waals surface area (Å²) in [6, 6.07) is 7.51. The minimum absolute atomic E-state index is 0.154. The molecule has 1 nitrogen and oxygen atoms in total. The zero-order chi connectivity index (χ0) is 15.1. The normalized spacial score (nSPS) is 12.8. The average Bonchev–Trinajstić information content (AvgIpc) is 2.86. The first-order valence-electron chi connectivity index (χ1n) is 6.05. The van der Waals surface area contributed by atoms with Crippen molar-refractivity contribution >= 4 is 37.4 Å². The van der Waals surface area contributed by atoms with Crippen LogP contribution in [0, 0.1) is 17.5 Å². The van der Waals surface area contributed by atoms with Crippen molar-refractivity contribution in [1.82, 2.24) is 0 Å². The Kier molecular flexibility index (Phi) is 3.77. The average molecular weight is 372 g/mol. The molecule has 0 saturated carbocycles. The van der Waals surface area contributed by atoms with E-state index in [0.29, 0.717) is 10.3 Å². The molecule has 1 aromatic heterocycles. The lowest BCUT2D eigenvalue weighted by molar-refractivity contribution is 0.541. The van der Waals surface area contributed by atoms with Crippen LogP contribution in [0.2, 0.25) is 0 Å². The van der Waals surface area contributed by atoms with E-state index < -0.39 is 17.7 Å². The van der Waals surface area contributed by atoms with Crippen LogP contribution < -0.4 is 5.73 Å². The number of hydrogen-bond donors (Lipinski definition) is 1. The number of hydrogen-bond acceptors (Lipinski definition) is 2. The van der Waals surface area contributed by atoms with E-state index in [2.05, 4.69) is 15.9 Å². The lowest BCUT2D eigenvalue weighted by Gasteiger charge is -2.13. The van der Waals surface area contributed by atoms with Gasteiger partial charge in [-0.25, -0.2) is 13.2 Å². The Morgan fingerprint density at radius 2 is 1.81 bits per heavy atom. The number of fused-ring (bicyclic) bond motifs is 1. The van der Waals surface area contributed by atoms with E-state index in [0.717, 1.165) is 10.8 Å². The Hall–Kier alpha value is -1.37. The van der Waals surface area contributed by atoms with E-state index >= 15 is 0 Å². The summed E-state index contributed by atoms with van der Waals surface area (Å²) in [5.41, 5.74) is 5.81. The van der Waals surface area contributed by atoms with Crippen molar-refractivity contribution in [2.75, 3.05) is 0 Å². The summed E-state index contributed by atoms with van der Waals surface area (Å²) in [7, 11) is 0. The van der Waals surface area contributed by atoms with Gasteiger partial charge in [0.25, 0.3) is 0 Å². The maximum Gasteiger partial charge on any atom is 0.145 e. The monoisotopic (exact) mass is 371 g/mol. The van der Waals surface area contributed by atoms with Crippen molar-refractivity contribution < 1.29 is 13.2 Å². The van der Waals surface area contributed by atoms with Crippen LogP contribution in [0.3, 0.4) is 0 Å². The Bertz CT molecular complexity index is 831. The molecule has 3 aromatic rings. The summed E-state index contributed by atoms with van der Waals surface area (Å²) >= 11 is 4.31. The molecule has 0 aliphatic rings. The molecular formula is C15H9BrF3NS. The lowest BCUT2D eigenvalue weighted by Crippen LogP contribution is -2.14. The van der Waals surface area contributed by atoms with Gasteiger partial charge in [-0.05, 0) is 57.7 Å². The van der Waals surface area contributed by atoms with Gasteiger partial charge in [-0.2, -0.15) is 0 Å². The molecule has 108 valence electrons. The number of rotatable bonds is 2. The molecule has 2 N–H and O–H groups in total. The summed E-state index contributed by atoms with van der Waals surface area (Å²) in [6.45, 7) is 0. The summed E-state index contributed by atoms with van der Waals surface area (Å²) in [4.78, 5) is 0.575. The molecule has 0 saturated heterocycles. The third-order valence-electron chi connectivity index (χ3n) is 3.19. The smallest absolute Gasteiger partial charge is 0.145 e. The fraction of sp³-hybridized carbons (Fsp3) is 0.0667. The van der Waals surface area contributed by atoms with Gasteiger partial charge >= 0.3 is 0 Å². The first-order chi connectivity index (χ1) is 9.97. The van der Waals surface area contributed by atoms with Crippen LogP contribution in [0.15, 0.2) is 40.9 Å². The minimum atomic E-state index is -0.942. The van der Waals surface area contributed by atoms with E-state index in [4.69, 9.17) is 5.73 Å². The van der Waals surface area contributed by atoms with Crippen LogP contribution in [0.25, 0.3) is 10.1 Å². The fourth-order valence-electron chi connectivity index (χ4n) is 2.16. The molecule has 1 unspecified atom stereocenters. The molecule has 3 rings (SSSR count). The third-order valence-corrected chi connectivity index (χ3v) is 5.01. The van der Waals surface area contributed by atoms with Crippen molar-refractivity contribution in [3.63, 3.8) is 0 Å². The topological polar surface area (TPSA) is 26.0 Å². The highest BCUT2D eigenvalue weighted by Gasteiger charge is 2.22. The zero-order valence-corrected chi connectivity index (χ0v) is 12.9. The second-order valence-corrected chi connectivity index (χ2v) is 6.54. The molecule has 6 heteroatoms. The highest BCUT2D eigenvalue weighted by molar-refractivity contribution is 9.10. The molecule has 0 aliphatic heterocycles. The Balaban J connectivity index is 2.12. The van der Waals surface area contributed by atoms with Gasteiger partial charge < -0.3 is 5.73 Å². The van der Waals surface area contributed by atoms with Gasteiger partial charge in [-0.3, -0.25) is 0 Å². The second kappa shape index (κ2) is 5.44. The molecule has 2 aromatic carbocycles. The highest BCUT2D eigenvalue weighted by atomic mass is 79.9. The molecule has 0 aliphatic carbocycles. The largest absolute Gasteiger partial charge is 0.319 e. The first-order valence-corrected chi connectivity index (χ1v) is 7.66.